The van der Waals surface area contributed by atoms with E-state index >= 15 is 0 Å². The van der Waals surface area contributed by atoms with Crippen LogP contribution in [0.25, 0.3) is 22.2 Å². The Labute approximate surface area is 169 Å². The second kappa shape index (κ2) is 7.55. The lowest BCUT2D eigenvalue weighted by Gasteiger charge is -2.21. The van der Waals surface area contributed by atoms with Crippen molar-refractivity contribution < 1.29 is 4.74 Å². The van der Waals surface area contributed by atoms with Crippen LogP contribution in [0.4, 0.5) is 11.6 Å². The number of H-pyrrole nitrogens is 1. The van der Waals surface area contributed by atoms with E-state index in [0.717, 1.165) is 43.2 Å². The van der Waals surface area contributed by atoms with Gasteiger partial charge in [0, 0.05) is 50.6 Å². The Balaban J connectivity index is 1.87. The summed E-state index contributed by atoms with van der Waals surface area (Å²) in [5.41, 5.74) is 8.14. The number of nitrogens with zero attached hydrogens (tertiary/aromatic N) is 5. The number of hydrogen-bond acceptors (Lipinski definition) is 6. The molecule has 1 unspecified atom stereocenters. The standard InChI is InChI=1S/C20H29N7O2/c1-12(2)13(3)27-11-14(18-17(20(27)28)19(21)23-22-18)15-10-16(25(4)24-15)26-6-5-8-29-9-7-26/h10-13H,5-9H2,1-4H3,(H3,21,22,23). The van der Waals surface area contributed by atoms with Crippen LogP contribution in [0.15, 0.2) is 17.1 Å². The van der Waals surface area contributed by atoms with Crippen molar-refractivity contribution in [2.75, 3.05) is 36.9 Å². The molecule has 9 nitrogen and oxygen atoms in total. The van der Waals surface area contributed by atoms with Crippen LogP contribution in [-0.4, -0.2) is 50.8 Å². The van der Waals surface area contributed by atoms with Crippen LogP contribution in [0.1, 0.15) is 33.2 Å². The minimum absolute atomic E-state index is 0.0193. The molecule has 0 bridgehead atoms. The Hall–Kier alpha value is -2.81. The summed E-state index contributed by atoms with van der Waals surface area (Å²) in [5, 5.41) is 12.2. The highest BCUT2D eigenvalue weighted by Crippen LogP contribution is 2.31. The molecular weight excluding hydrogens is 370 g/mol. The van der Waals surface area contributed by atoms with Gasteiger partial charge in [-0.05, 0) is 19.3 Å². The molecule has 0 aromatic carbocycles. The summed E-state index contributed by atoms with van der Waals surface area (Å²) < 4.78 is 9.21. The number of hydrogen-bond donors (Lipinski definition) is 2. The van der Waals surface area contributed by atoms with Gasteiger partial charge in [-0.15, -0.1) is 0 Å². The van der Waals surface area contributed by atoms with Crippen LogP contribution in [-0.2, 0) is 11.8 Å². The molecule has 0 aliphatic carbocycles. The normalized spacial score (nSPS) is 16.5. The van der Waals surface area contributed by atoms with Crippen LogP contribution in [0, 0.1) is 5.92 Å². The van der Waals surface area contributed by atoms with E-state index < -0.39 is 0 Å². The van der Waals surface area contributed by atoms with Gasteiger partial charge in [-0.25, -0.2) is 0 Å². The van der Waals surface area contributed by atoms with Crippen LogP contribution in [0.5, 0.6) is 0 Å². The molecule has 3 aromatic heterocycles. The first-order valence-electron chi connectivity index (χ1n) is 10.1. The third-order valence-electron chi connectivity index (χ3n) is 5.86. The topological polar surface area (TPSA) is 107 Å². The number of nitrogens with two attached hydrogens (primary N) is 1. The molecule has 3 N–H and O–H groups in total. The lowest BCUT2D eigenvalue weighted by atomic mass is 10.0. The molecule has 9 heteroatoms. The van der Waals surface area contributed by atoms with Crippen molar-refractivity contribution in [2.45, 2.75) is 33.2 Å². The molecule has 0 radical (unpaired) electrons. The molecule has 0 spiro atoms. The predicted molar refractivity (Wildman–Crippen MR) is 114 cm³/mol. The number of pyridine rings is 1. The zero-order chi connectivity index (χ0) is 20.7. The average molecular weight is 399 g/mol. The van der Waals surface area contributed by atoms with Gasteiger partial charge in [0.15, 0.2) is 5.82 Å². The predicted octanol–water partition coefficient (Wildman–Crippen LogP) is 2.15. The molecule has 156 valence electrons. The van der Waals surface area contributed by atoms with E-state index in [1.54, 1.807) is 4.57 Å². The minimum atomic E-state index is -0.128. The first kappa shape index (κ1) is 19.5. The van der Waals surface area contributed by atoms with Gasteiger partial charge >= 0.3 is 0 Å². The van der Waals surface area contributed by atoms with Gasteiger partial charge < -0.3 is 19.9 Å². The van der Waals surface area contributed by atoms with Crippen molar-refractivity contribution in [1.82, 2.24) is 24.5 Å². The monoisotopic (exact) mass is 399 g/mol. The van der Waals surface area contributed by atoms with Crippen molar-refractivity contribution >= 4 is 22.5 Å². The SMILES string of the molecule is CC(C)C(C)n1cc(-c2cc(N3CCCOCC3)n(C)n2)c2[nH]nc(N)c2c1=O. The molecule has 4 rings (SSSR count). The van der Waals surface area contributed by atoms with E-state index in [1.807, 2.05) is 24.9 Å². The number of anilines is 2. The highest BCUT2D eigenvalue weighted by molar-refractivity contribution is 5.97. The molecular formula is C20H29N7O2. The van der Waals surface area contributed by atoms with Gasteiger partial charge in [-0.2, -0.15) is 10.2 Å². The van der Waals surface area contributed by atoms with Crippen LogP contribution in [0.2, 0.25) is 0 Å². The maximum atomic E-state index is 13.1. The van der Waals surface area contributed by atoms with E-state index in [4.69, 9.17) is 15.6 Å². The third-order valence-corrected chi connectivity index (χ3v) is 5.86. The van der Waals surface area contributed by atoms with Crippen molar-refractivity contribution in [1.29, 1.82) is 0 Å². The largest absolute Gasteiger partial charge is 0.382 e. The fourth-order valence-corrected chi connectivity index (χ4v) is 3.84. The van der Waals surface area contributed by atoms with Crippen molar-refractivity contribution in [3.8, 4) is 11.3 Å². The van der Waals surface area contributed by atoms with Gasteiger partial charge in [0.2, 0.25) is 0 Å². The number of nitrogen functional groups attached to an aromatic ring is 1. The number of fused-ring (bicyclic) bond motifs is 1. The molecule has 1 atom stereocenters. The summed E-state index contributed by atoms with van der Waals surface area (Å²) in [6.07, 6.45) is 2.86. The fourth-order valence-electron chi connectivity index (χ4n) is 3.84. The molecule has 29 heavy (non-hydrogen) atoms. The maximum absolute atomic E-state index is 13.1. The summed E-state index contributed by atoms with van der Waals surface area (Å²) in [6, 6.07) is 2.08. The molecule has 4 heterocycles. The first-order chi connectivity index (χ1) is 13.9. The molecule has 1 aliphatic heterocycles. The highest BCUT2D eigenvalue weighted by atomic mass is 16.5. The van der Waals surface area contributed by atoms with E-state index in [9.17, 15) is 4.79 Å². The van der Waals surface area contributed by atoms with E-state index in [2.05, 4.69) is 35.0 Å². The smallest absolute Gasteiger partial charge is 0.264 e. The van der Waals surface area contributed by atoms with E-state index in [-0.39, 0.29) is 17.4 Å². The minimum Gasteiger partial charge on any atom is -0.382 e. The second-order valence-corrected chi connectivity index (χ2v) is 8.06. The zero-order valence-corrected chi connectivity index (χ0v) is 17.5. The van der Waals surface area contributed by atoms with Gasteiger partial charge in [0.05, 0.1) is 17.8 Å². The Bertz CT molecular complexity index is 1070. The highest BCUT2D eigenvalue weighted by Gasteiger charge is 2.22. The van der Waals surface area contributed by atoms with Crippen LogP contribution < -0.4 is 16.2 Å². The van der Waals surface area contributed by atoms with Crippen molar-refractivity contribution in [3.63, 3.8) is 0 Å². The van der Waals surface area contributed by atoms with Crippen molar-refractivity contribution in [2.24, 2.45) is 13.0 Å². The third kappa shape index (κ3) is 3.39. The molecule has 1 aliphatic rings. The average Bonchev–Trinajstić information content (AvgIpc) is 3.14. The first-order valence-corrected chi connectivity index (χ1v) is 10.1. The van der Waals surface area contributed by atoms with Crippen molar-refractivity contribution in [3.05, 3.63) is 22.6 Å². The number of nitrogens with one attached hydrogen (secondary N) is 1. The summed E-state index contributed by atoms with van der Waals surface area (Å²) >= 11 is 0. The maximum Gasteiger partial charge on any atom is 0.264 e. The molecule has 3 aromatic rings. The lowest BCUT2D eigenvalue weighted by Crippen LogP contribution is -2.27. The van der Waals surface area contributed by atoms with Gasteiger partial charge in [0.25, 0.3) is 5.56 Å². The fraction of sp³-hybridized carbons (Fsp3) is 0.550. The number of aryl methyl sites for hydroxylation is 1. The Kier molecular flexibility index (Phi) is 5.08. The number of rotatable bonds is 4. The van der Waals surface area contributed by atoms with Crippen LogP contribution >= 0.6 is 0 Å². The van der Waals surface area contributed by atoms with Crippen LogP contribution in [0.3, 0.4) is 0 Å². The lowest BCUT2D eigenvalue weighted by molar-refractivity contribution is 0.152. The van der Waals surface area contributed by atoms with E-state index in [1.165, 1.54) is 0 Å². The van der Waals surface area contributed by atoms with E-state index in [0.29, 0.717) is 23.4 Å². The Morgan fingerprint density at radius 3 is 2.79 bits per heavy atom. The zero-order valence-electron chi connectivity index (χ0n) is 17.5. The molecule has 1 fully saturated rings. The number of aromatic nitrogens is 5. The quantitative estimate of drug-likeness (QED) is 0.696. The second-order valence-electron chi connectivity index (χ2n) is 8.06. The molecule has 1 saturated heterocycles. The Morgan fingerprint density at radius 2 is 2.03 bits per heavy atom. The van der Waals surface area contributed by atoms with Gasteiger partial charge in [-0.3, -0.25) is 14.6 Å². The summed E-state index contributed by atoms with van der Waals surface area (Å²) in [7, 11) is 1.94. The number of ether oxygens (including phenoxy) is 1. The molecule has 0 saturated carbocycles. The van der Waals surface area contributed by atoms with Gasteiger partial charge in [0.1, 0.15) is 11.2 Å². The number of aromatic amines is 1. The Morgan fingerprint density at radius 1 is 1.24 bits per heavy atom. The summed E-state index contributed by atoms with van der Waals surface area (Å²) in [4.78, 5) is 15.4. The summed E-state index contributed by atoms with van der Waals surface area (Å²) in [5.74, 6) is 1.54. The molecule has 0 amide bonds. The van der Waals surface area contributed by atoms with Gasteiger partial charge in [-0.1, -0.05) is 13.8 Å². The summed E-state index contributed by atoms with van der Waals surface area (Å²) in [6.45, 7) is 9.48.